The number of nitrogens with zero attached hydrogens (tertiary/aromatic N) is 3. The number of anilines is 2. The maximum Gasteiger partial charge on any atom is 0.349 e. The van der Waals surface area contributed by atoms with E-state index in [0.717, 1.165) is 30.5 Å². The summed E-state index contributed by atoms with van der Waals surface area (Å²) in [6.45, 7) is -0.921. The van der Waals surface area contributed by atoms with Crippen LogP contribution in [-0.2, 0) is 18.3 Å². The Labute approximate surface area is 183 Å². The average Bonchev–Trinajstić information content (AvgIpc) is 3.21. The van der Waals surface area contributed by atoms with Crippen molar-refractivity contribution >= 4 is 22.4 Å². The van der Waals surface area contributed by atoms with Gasteiger partial charge in [-0.3, -0.25) is 4.57 Å². The van der Waals surface area contributed by atoms with E-state index >= 15 is 4.39 Å². The van der Waals surface area contributed by atoms with Gasteiger partial charge in [0.05, 0.1) is 30.2 Å². The van der Waals surface area contributed by atoms with Crippen molar-refractivity contribution in [1.29, 1.82) is 0 Å². The first-order chi connectivity index (χ1) is 16.3. The summed E-state index contributed by atoms with van der Waals surface area (Å²) < 4.78 is 44.8. The number of fused-ring (bicyclic) bond motifs is 2. The normalized spacial score (nSPS) is 20.2. The van der Waals surface area contributed by atoms with Gasteiger partial charge in [-0.2, -0.15) is 4.98 Å². The van der Waals surface area contributed by atoms with Gasteiger partial charge in [-0.15, -0.1) is 0 Å². The Balaban J connectivity index is 1.70. The smallest absolute Gasteiger partial charge is 0.349 e. The van der Waals surface area contributed by atoms with Gasteiger partial charge in [0, 0.05) is 34.4 Å². The summed E-state index contributed by atoms with van der Waals surface area (Å²) in [5.74, 6) is 5.92. The highest BCUT2D eigenvalue weighted by atomic mass is 19.1. The third-order valence-corrected chi connectivity index (χ3v) is 5.69. The molecule has 0 aliphatic carbocycles. The molecule has 31 heavy (non-hydrogen) atoms. The molecule has 0 radical (unpaired) electrons. The van der Waals surface area contributed by atoms with Crippen LogP contribution in [0.4, 0.5) is 15.9 Å². The number of rotatable bonds is 1. The fraction of sp³-hybridized carbons (Fsp3) is 0.333. The molecule has 6 nitrogen and oxygen atoms in total. The molecule has 2 aliphatic rings. The van der Waals surface area contributed by atoms with Crippen LogP contribution < -0.4 is 15.9 Å². The van der Waals surface area contributed by atoms with Gasteiger partial charge < -0.3 is 15.0 Å². The summed E-state index contributed by atoms with van der Waals surface area (Å²) >= 11 is 0. The number of hydrogen-bond acceptors (Lipinski definition) is 5. The van der Waals surface area contributed by atoms with Gasteiger partial charge >= 0.3 is 5.69 Å². The van der Waals surface area contributed by atoms with Gasteiger partial charge in [0.15, 0.2) is 5.82 Å². The molecule has 7 heteroatoms. The fourth-order valence-electron chi connectivity index (χ4n) is 4.15. The zero-order valence-electron chi connectivity index (χ0n) is 19.8. The molecule has 158 valence electrons. The van der Waals surface area contributed by atoms with E-state index in [1.165, 1.54) is 18.2 Å². The molecule has 0 saturated carbocycles. The van der Waals surface area contributed by atoms with Crippen molar-refractivity contribution in [2.45, 2.75) is 25.5 Å². The van der Waals surface area contributed by atoms with E-state index in [4.69, 9.17) is 8.85 Å². The number of ether oxygens (including phenoxy) is 1. The summed E-state index contributed by atoms with van der Waals surface area (Å²) in [6, 6.07) is 9.79. The Morgan fingerprint density at radius 3 is 3.06 bits per heavy atom. The number of benzene rings is 2. The number of nitrogens with one attached hydrogen (secondary N) is 1. The highest BCUT2D eigenvalue weighted by Crippen LogP contribution is 2.35. The molecular formula is C24H23FN4O2. The van der Waals surface area contributed by atoms with Crippen molar-refractivity contribution < 1.29 is 13.2 Å². The molecule has 1 aromatic heterocycles. The van der Waals surface area contributed by atoms with Crippen molar-refractivity contribution in [3.05, 3.63) is 63.8 Å². The van der Waals surface area contributed by atoms with Gasteiger partial charge in [0.25, 0.3) is 0 Å². The maximum absolute atomic E-state index is 15.1. The SMILES string of the molecule is [2H]C([2H])([2H])n1c(=O)nc(N2CCOCc3c(C#CC4CCCN4)cccc32)c2c(F)cccc21. The zero-order chi connectivity index (χ0) is 23.9. The lowest BCUT2D eigenvalue weighted by Gasteiger charge is -2.25. The van der Waals surface area contributed by atoms with Crippen molar-refractivity contribution in [2.24, 2.45) is 6.98 Å². The van der Waals surface area contributed by atoms with Crippen LogP contribution >= 0.6 is 0 Å². The second kappa shape index (κ2) is 8.14. The standard InChI is InChI=1S/C24H23FN4O2/c1-28-21-9-3-7-19(25)22(21)23(27-24(28)30)29-13-14-31-15-18-16(5-2-8-20(18)29)10-11-17-6-4-12-26-17/h2-3,5,7-9,17,26H,4,6,12-15H2,1H3/i1D3. The summed E-state index contributed by atoms with van der Waals surface area (Å²) in [6.07, 6.45) is 2.09. The van der Waals surface area contributed by atoms with Crippen molar-refractivity contribution in [1.82, 2.24) is 14.9 Å². The minimum atomic E-state index is -2.80. The van der Waals surface area contributed by atoms with E-state index in [1.807, 2.05) is 18.2 Å². The van der Waals surface area contributed by atoms with Crippen LogP contribution in [-0.4, -0.2) is 35.3 Å². The lowest BCUT2D eigenvalue weighted by Crippen LogP contribution is -2.28. The van der Waals surface area contributed by atoms with Crippen molar-refractivity contribution in [3.8, 4) is 11.8 Å². The topological polar surface area (TPSA) is 59.4 Å². The molecule has 3 aromatic rings. The van der Waals surface area contributed by atoms with Gasteiger partial charge in [0.2, 0.25) is 0 Å². The highest BCUT2D eigenvalue weighted by Gasteiger charge is 2.24. The second-order valence-corrected chi connectivity index (χ2v) is 7.61. The third kappa shape index (κ3) is 3.58. The molecule has 2 aromatic carbocycles. The number of hydrogen-bond donors (Lipinski definition) is 1. The van der Waals surface area contributed by atoms with E-state index in [1.54, 1.807) is 4.90 Å². The Bertz CT molecular complexity index is 1370. The monoisotopic (exact) mass is 421 g/mol. The molecule has 1 unspecified atom stereocenters. The molecule has 0 amide bonds. The first kappa shape index (κ1) is 16.5. The van der Waals surface area contributed by atoms with E-state index in [9.17, 15) is 4.79 Å². The second-order valence-electron chi connectivity index (χ2n) is 7.61. The highest BCUT2D eigenvalue weighted by molar-refractivity contribution is 5.92. The Hall–Kier alpha value is -3.21. The molecule has 0 bridgehead atoms. The summed E-state index contributed by atoms with van der Waals surface area (Å²) in [4.78, 5) is 18.6. The van der Waals surface area contributed by atoms with Crippen LogP contribution in [0.15, 0.2) is 41.2 Å². The van der Waals surface area contributed by atoms with E-state index < -0.39 is 18.5 Å². The molecular weight excluding hydrogens is 395 g/mol. The lowest BCUT2D eigenvalue weighted by atomic mass is 10.0. The minimum absolute atomic E-state index is 0.0299. The molecule has 2 aliphatic heterocycles. The third-order valence-electron chi connectivity index (χ3n) is 5.69. The quantitative estimate of drug-likeness (QED) is 0.613. The van der Waals surface area contributed by atoms with Crippen molar-refractivity contribution in [2.75, 3.05) is 24.6 Å². The van der Waals surface area contributed by atoms with Gasteiger partial charge in [0.1, 0.15) is 5.82 Å². The van der Waals surface area contributed by atoms with Crippen LogP contribution in [0.1, 0.15) is 28.1 Å². The van der Waals surface area contributed by atoms with Gasteiger partial charge in [-0.1, -0.05) is 24.0 Å². The fourth-order valence-corrected chi connectivity index (χ4v) is 4.15. The largest absolute Gasteiger partial charge is 0.375 e. The van der Waals surface area contributed by atoms with Gasteiger partial charge in [-0.25, -0.2) is 9.18 Å². The molecule has 3 heterocycles. The van der Waals surface area contributed by atoms with E-state index in [-0.39, 0.29) is 22.8 Å². The average molecular weight is 421 g/mol. The summed E-state index contributed by atoms with van der Waals surface area (Å²) in [7, 11) is 0. The summed E-state index contributed by atoms with van der Waals surface area (Å²) in [5, 5.41) is 3.32. The number of aryl methyl sites for hydroxylation is 1. The van der Waals surface area contributed by atoms with Crippen LogP contribution in [0.2, 0.25) is 0 Å². The minimum Gasteiger partial charge on any atom is -0.375 e. The summed E-state index contributed by atoms with van der Waals surface area (Å²) in [5.41, 5.74) is 1.30. The van der Waals surface area contributed by atoms with Crippen molar-refractivity contribution in [3.63, 3.8) is 0 Å². The molecule has 1 fully saturated rings. The van der Waals surface area contributed by atoms with Crippen LogP contribution in [0, 0.1) is 17.7 Å². The molecule has 5 rings (SSSR count). The maximum atomic E-state index is 15.1. The first-order valence-electron chi connectivity index (χ1n) is 11.8. The first-order valence-corrected chi connectivity index (χ1v) is 10.3. The van der Waals surface area contributed by atoms with Crippen LogP contribution in [0.25, 0.3) is 10.9 Å². The predicted octanol–water partition coefficient (Wildman–Crippen LogP) is 2.84. The Morgan fingerprint density at radius 2 is 2.23 bits per heavy atom. The van der Waals surface area contributed by atoms with E-state index in [0.29, 0.717) is 30.0 Å². The predicted molar refractivity (Wildman–Crippen MR) is 118 cm³/mol. The Morgan fingerprint density at radius 1 is 1.32 bits per heavy atom. The molecule has 0 spiro atoms. The van der Waals surface area contributed by atoms with Crippen LogP contribution in [0.5, 0.6) is 0 Å². The molecule has 1 N–H and O–H groups in total. The molecule has 1 atom stereocenters. The molecule has 1 saturated heterocycles. The van der Waals surface area contributed by atoms with E-state index in [2.05, 4.69) is 22.1 Å². The number of aromatic nitrogens is 2. The van der Waals surface area contributed by atoms with Crippen LogP contribution in [0.3, 0.4) is 0 Å². The number of halogens is 1. The zero-order valence-corrected chi connectivity index (χ0v) is 16.8. The Kier molecular flexibility index (Phi) is 4.33. The van der Waals surface area contributed by atoms with Gasteiger partial charge in [-0.05, 0) is 43.7 Å². The lowest BCUT2D eigenvalue weighted by molar-refractivity contribution is 0.133.